The van der Waals surface area contributed by atoms with Crippen LogP contribution in [0.1, 0.15) is 31.9 Å². The molecule has 1 heterocycles. The lowest BCUT2D eigenvalue weighted by Gasteiger charge is -2.19. The molecule has 1 amide bonds. The van der Waals surface area contributed by atoms with E-state index in [1.165, 1.54) is 11.7 Å². The lowest BCUT2D eigenvalue weighted by molar-refractivity contribution is -0.145. The highest BCUT2D eigenvalue weighted by atomic mass is 19.1. The second-order valence-corrected chi connectivity index (χ2v) is 8.82. The fourth-order valence-electron chi connectivity index (χ4n) is 3.57. The largest absolute Gasteiger partial charge is 0.467 e. The van der Waals surface area contributed by atoms with Gasteiger partial charge in [0.2, 0.25) is 5.91 Å². The van der Waals surface area contributed by atoms with E-state index in [9.17, 15) is 23.2 Å². The van der Waals surface area contributed by atoms with E-state index in [1.54, 1.807) is 51.2 Å². The van der Waals surface area contributed by atoms with Gasteiger partial charge in [-0.2, -0.15) is 0 Å². The van der Waals surface area contributed by atoms with Crippen molar-refractivity contribution in [2.24, 2.45) is 0 Å². The Kier molecular flexibility index (Phi) is 7.34. The summed E-state index contributed by atoms with van der Waals surface area (Å²) in [6.45, 7) is 5.26. The molecule has 3 rings (SSSR count). The van der Waals surface area contributed by atoms with Gasteiger partial charge < -0.3 is 14.8 Å². The minimum Gasteiger partial charge on any atom is -0.467 e. The number of hydrogen-bond acceptors (Lipinski definition) is 5. The number of benzene rings is 2. The fourth-order valence-corrected chi connectivity index (χ4v) is 3.57. The third-order valence-corrected chi connectivity index (χ3v) is 4.92. The van der Waals surface area contributed by atoms with Gasteiger partial charge in [0.25, 0.3) is 0 Å². The summed E-state index contributed by atoms with van der Waals surface area (Å²) >= 11 is 0. The summed E-state index contributed by atoms with van der Waals surface area (Å²) in [7, 11) is 1.19. The molecule has 180 valence electrons. The third kappa shape index (κ3) is 6.18. The molecular formula is C25H26F2N2O5. The molecule has 0 aliphatic rings. The molecule has 34 heavy (non-hydrogen) atoms. The van der Waals surface area contributed by atoms with Crippen LogP contribution in [0.15, 0.2) is 48.7 Å². The van der Waals surface area contributed by atoms with E-state index in [0.29, 0.717) is 22.5 Å². The zero-order valence-corrected chi connectivity index (χ0v) is 19.4. The molecule has 0 radical (unpaired) electrons. The number of fused-ring (bicyclic) bond motifs is 1. The molecule has 0 saturated carbocycles. The van der Waals surface area contributed by atoms with E-state index in [4.69, 9.17) is 9.47 Å². The minimum atomic E-state index is -1.09. The van der Waals surface area contributed by atoms with E-state index in [-0.39, 0.29) is 18.4 Å². The van der Waals surface area contributed by atoms with Gasteiger partial charge in [-0.1, -0.05) is 18.2 Å². The van der Waals surface area contributed by atoms with E-state index >= 15 is 0 Å². The summed E-state index contributed by atoms with van der Waals surface area (Å²) in [6, 6.07) is 8.80. The number of nitrogens with one attached hydrogen (secondary N) is 1. The quantitative estimate of drug-likeness (QED) is 0.545. The molecule has 1 N–H and O–H groups in total. The van der Waals surface area contributed by atoms with Gasteiger partial charge in [-0.25, -0.2) is 18.4 Å². The maximum Gasteiger partial charge on any atom is 0.419 e. The second kappa shape index (κ2) is 10.0. The number of methoxy groups -OCH3 is 1. The topological polar surface area (TPSA) is 86.6 Å². The van der Waals surface area contributed by atoms with Crippen molar-refractivity contribution in [2.75, 3.05) is 7.11 Å². The second-order valence-electron chi connectivity index (χ2n) is 8.82. The number of carbonyl (C=O) groups is 3. The van der Waals surface area contributed by atoms with E-state index in [0.717, 1.165) is 12.1 Å². The fraction of sp³-hybridized carbons (Fsp3) is 0.320. The number of rotatable bonds is 6. The van der Waals surface area contributed by atoms with Crippen molar-refractivity contribution < 1.29 is 32.6 Å². The number of hydrogen-bond donors (Lipinski definition) is 1. The minimum absolute atomic E-state index is 0.0201. The van der Waals surface area contributed by atoms with Crippen molar-refractivity contribution in [2.45, 2.75) is 45.3 Å². The number of halogens is 2. The van der Waals surface area contributed by atoms with Crippen LogP contribution < -0.4 is 5.32 Å². The monoisotopic (exact) mass is 472 g/mol. The maximum absolute atomic E-state index is 13.4. The molecule has 0 spiro atoms. The molecule has 0 aliphatic carbocycles. The van der Waals surface area contributed by atoms with Crippen LogP contribution in [-0.4, -0.2) is 41.3 Å². The third-order valence-electron chi connectivity index (χ3n) is 4.92. The average molecular weight is 472 g/mol. The van der Waals surface area contributed by atoms with Crippen LogP contribution in [0, 0.1) is 11.6 Å². The van der Waals surface area contributed by atoms with Crippen LogP contribution in [0.3, 0.4) is 0 Å². The maximum atomic E-state index is 13.4. The van der Waals surface area contributed by atoms with E-state index < -0.39 is 41.2 Å². The first-order chi connectivity index (χ1) is 16.0. The Morgan fingerprint density at radius 1 is 1.06 bits per heavy atom. The summed E-state index contributed by atoms with van der Waals surface area (Å²) < 4.78 is 38.5. The van der Waals surface area contributed by atoms with Gasteiger partial charge in [0, 0.05) is 24.1 Å². The average Bonchev–Trinajstić information content (AvgIpc) is 3.09. The van der Waals surface area contributed by atoms with Crippen molar-refractivity contribution in [3.63, 3.8) is 0 Å². The van der Waals surface area contributed by atoms with E-state index in [2.05, 4.69) is 5.32 Å². The lowest BCUT2D eigenvalue weighted by atomic mass is 10.0. The zero-order chi connectivity index (χ0) is 25.0. The van der Waals surface area contributed by atoms with Crippen molar-refractivity contribution in [3.8, 4) is 0 Å². The van der Waals surface area contributed by atoms with E-state index in [1.807, 2.05) is 0 Å². The highest BCUT2D eigenvalue weighted by molar-refractivity contribution is 5.93. The predicted octanol–water partition coefficient (Wildman–Crippen LogP) is 4.15. The Morgan fingerprint density at radius 2 is 1.71 bits per heavy atom. The molecule has 0 unspecified atom stereocenters. The number of carbonyl (C=O) groups excluding carboxylic acids is 3. The van der Waals surface area contributed by atoms with Crippen molar-refractivity contribution >= 4 is 28.9 Å². The van der Waals surface area contributed by atoms with Crippen LogP contribution in [0.5, 0.6) is 0 Å². The molecule has 0 aliphatic heterocycles. The summed E-state index contributed by atoms with van der Waals surface area (Å²) in [6.07, 6.45) is 0.665. The summed E-state index contributed by atoms with van der Waals surface area (Å²) in [5.74, 6) is -2.92. The van der Waals surface area contributed by atoms with Crippen LogP contribution in [0.4, 0.5) is 13.6 Å². The SMILES string of the molecule is COC(=O)[C@H](Cc1cn(C(=O)OC(C)(C)C)c2ccccc12)NC(=O)Cc1cc(F)cc(F)c1. The lowest BCUT2D eigenvalue weighted by Crippen LogP contribution is -2.43. The highest BCUT2D eigenvalue weighted by Crippen LogP contribution is 2.24. The first-order valence-electron chi connectivity index (χ1n) is 10.6. The molecule has 3 aromatic rings. The Bertz CT molecular complexity index is 1210. The van der Waals surface area contributed by atoms with Gasteiger partial charge in [-0.05, 0) is 50.1 Å². The normalized spacial score (nSPS) is 12.3. The van der Waals surface area contributed by atoms with Crippen LogP contribution in [0.2, 0.25) is 0 Å². The number of ether oxygens (including phenoxy) is 2. The van der Waals surface area contributed by atoms with Crippen LogP contribution >= 0.6 is 0 Å². The van der Waals surface area contributed by atoms with Crippen LogP contribution in [0.25, 0.3) is 10.9 Å². The summed E-state index contributed by atoms with van der Waals surface area (Å²) in [5.41, 5.74) is 0.604. The first-order valence-corrected chi connectivity index (χ1v) is 10.6. The molecule has 0 fully saturated rings. The van der Waals surface area contributed by atoms with Crippen LogP contribution in [-0.2, 0) is 31.9 Å². The van der Waals surface area contributed by atoms with Gasteiger partial charge in [0.05, 0.1) is 19.0 Å². The molecule has 1 atom stereocenters. The first kappa shape index (κ1) is 24.9. The van der Waals surface area contributed by atoms with Gasteiger partial charge >= 0.3 is 12.1 Å². The Balaban J connectivity index is 1.86. The Morgan fingerprint density at radius 3 is 2.32 bits per heavy atom. The molecule has 1 aromatic heterocycles. The Labute approximate surface area is 195 Å². The van der Waals surface area contributed by atoms with Gasteiger partial charge in [0.1, 0.15) is 23.3 Å². The Hall–Kier alpha value is -3.75. The highest BCUT2D eigenvalue weighted by Gasteiger charge is 2.26. The standard InChI is InChI=1S/C25H26F2N2O5/c1-25(2,3)34-24(32)29-14-16(19-7-5-6-8-21(19)29)12-20(23(31)33-4)28-22(30)11-15-9-17(26)13-18(27)10-15/h5-10,13-14,20H,11-12H2,1-4H3,(H,28,30)/t20-/m0/s1. The van der Waals surface area contributed by atoms with Gasteiger partial charge in [-0.3, -0.25) is 9.36 Å². The zero-order valence-electron chi connectivity index (χ0n) is 19.4. The van der Waals surface area contributed by atoms with Crippen molar-refractivity contribution in [3.05, 3.63) is 71.4 Å². The number of para-hydroxylation sites is 1. The van der Waals surface area contributed by atoms with Crippen molar-refractivity contribution in [1.29, 1.82) is 0 Å². The molecule has 0 bridgehead atoms. The summed E-state index contributed by atoms with van der Waals surface area (Å²) in [4.78, 5) is 37.7. The number of amides is 1. The number of esters is 1. The van der Waals surface area contributed by atoms with Crippen molar-refractivity contribution in [1.82, 2.24) is 9.88 Å². The van der Waals surface area contributed by atoms with Gasteiger partial charge in [0.15, 0.2) is 0 Å². The number of nitrogens with zero attached hydrogens (tertiary/aromatic N) is 1. The number of aromatic nitrogens is 1. The molecule has 9 heteroatoms. The smallest absolute Gasteiger partial charge is 0.419 e. The molecule has 7 nitrogen and oxygen atoms in total. The molecule has 0 saturated heterocycles. The predicted molar refractivity (Wildman–Crippen MR) is 121 cm³/mol. The van der Waals surface area contributed by atoms with Gasteiger partial charge in [-0.15, -0.1) is 0 Å². The summed E-state index contributed by atoms with van der Waals surface area (Å²) in [5, 5.41) is 3.26. The molecular weight excluding hydrogens is 446 g/mol. The molecule has 2 aromatic carbocycles.